The molecule has 0 bridgehead atoms. The molecule has 60 valence electrons. The lowest BCUT2D eigenvalue weighted by Crippen LogP contribution is -1.94. The number of hydrogen-bond donors (Lipinski definition) is 0. The van der Waals surface area contributed by atoms with Crippen LogP contribution in [0.3, 0.4) is 0 Å². The third kappa shape index (κ3) is 1.84. The van der Waals surface area contributed by atoms with Crippen molar-refractivity contribution in [1.82, 2.24) is 0 Å². The van der Waals surface area contributed by atoms with Crippen molar-refractivity contribution in [3.63, 3.8) is 0 Å². The van der Waals surface area contributed by atoms with Gasteiger partial charge >= 0.3 is 0 Å². The molecule has 0 radical (unpaired) electrons. The molecule has 0 aliphatic rings. The molecule has 1 aromatic rings. The first-order valence-electron chi connectivity index (χ1n) is 3.12. The van der Waals surface area contributed by atoms with Crippen LogP contribution in [0.1, 0.15) is 10.4 Å². The predicted molar refractivity (Wildman–Crippen MR) is 38.9 cm³/mol. The number of aliphatic imine (C=N–C) groups is 1. The zero-order chi connectivity index (χ0) is 8.97. The van der Waals surface area contributed by atoms with Gasteiger partial charge in [-0.05, 0) is 18.2 Å². The van der Waals surface area contributed by atoms with Crippen LogP contribution in [-0.4, -0.2) is 12.0 Å². The van der Waals surface area contributed by atoms with E-state index in [1.807, 2.05) is 0 Å². The lowest BCUT2D eigenvalue weighted by molar-refractivity contribution is 0.100. The minimum absolute atomic E-state index is 0.0401. The van der Waals surface area contributed by atoms with Gasteiger partial charge < -0.3 is 0 Å². The van der Waals surface area contributed by atoms with Gasteiger partial charge in [-0.3, -0.25) is 4.79 Å². The number of carbonyl (C=O) groups excluding carboxylic acids is 2. The molecule has 0 atom stereocenters. The Kier molecular flexibility index (Phi) is 2.46. The van der Waals surface area contributed by atoms with Gasteiger partial charge in [0.25, 0.3) is 5.91 Å². The Labute approximate surface area is 67.5 Å². The highest BCUT2D eigenvalue weighted by Gasteiger charge is 2.03. The SMILES string of the molecule is O=C=NC(=O)c1cccc(F)c1. The number of carbonyl (C=O) groups is 1. The van der Waals surface area contributed by atoms with Gasteiger partial charge in [0.1, 0.15) is 5.82 Å². The molecule has 0 aliphatic carbocycles. The predicted octanol–water partition coefficient (Wildman–Crippen LogP) is 1.30. The monoisotopic (exact) mass is 165 g/mol. The summed E-state index contributed by atoms with van der Waals surface area (Å²) >= 11 is 0. The van der Waals surface area contributed by atoms with Crippen LogP contribution < -0.4 is 0 Å². The maximum Gasteiger partial charge on any atom is 0.287 e. The normalized spacial score (nSPS) is 8.75. The molecule has 0 saturated heterocycles. The second-order valence-corrected chi connectivity index (χ2v) is 2.02. The van der Waals surface area contributed by atoms with Gasteiger partial charge in [0.15, 0.2) is 0 Å². The van der Waals surface area contributed by atoms with Crippen LogP contribution in [0.2, 0.25) is 0 Å². The number of halogens is 1. The van der Waals surface area contributed by atoms with Gasteiger partial charge in [0, 0.05) is 5.56 Å². The molecule has 4 heteroatoms. The quantitative estimate of drug-likeness (QED) is 0.465. The second-order valence-electron chi connectivity index (χ2n) is 2.02. The first-order chi connectivity index (χ1) is 5.74. The van der Waals surface area contributed by atoms with E-state index in [9.17, 15) is 14.0 Å². The molecule has 1 amide bonds. The molecular formula is C8H4FNO2. The minimum atomic E-state index is -0.788. The van der Waals surface area contributed by atoms with Crippen LogP contribution in [0.15, 0.2) is 29.3 Å². The maximum atomic E-state index is 12.5. The molecule has 1 rings (SSSR count). The average molecular weight is 165 g/mol. The van der Waals surface area contributed by atoms with Crippen LogP contribution in [0.4, 0.5) is 4.39 Å². The van der Waals surface area contributed by atoms with Crippen molar-refractivity contribution in [2.75, 3.05) is 0 Å². The van der Waals surface area contributed by atoms with Crippen LogP contribution in [0.25, 0.3) is 0 Å². The van der Waals surface area contributed by atoms with Crippen molar-refractivity contribution in [2.24, 2.45) is 4.99 Å². The third-order valence-corrected chi connectivity index (χ3v) is 1.22. The van der Waals surface area contributed by atoms with Crippen LogP contribution in [0.5, 0.6) is 0 Å². The minimum Gasteiger partial charge on any atom is -0.266 e. The van der Waals surface area contributed by atoms with Crippen molar-refractivity contribution < 1.29 is 14.0 Å². The molecule has 0 fully saturated rings. The van der Waals surface area contributed by atoms with E-state index < -0.39 is 11.7 Å². The Bertz CT molecular complexity index is 356. The van der Waals surface area contributed by atoms with Gasteiger partial charge in [0.2, 0.25) is 6.08 Å². The first kappa shape index (κ1) is 8.30. The number of hydrogen-bond acceptors (Lipinski definition) is 2. The Morgan fingerprint density at radius 3 is 2.83 bits per heavy atom. The van der Waals surface area contributed by atoms with Crippen LogP contribution in [-0.2, 0) is 4.79 Å². The van der Waals surface area contributed by atoms with Gasteiger partial charge in [-0.2, -0.15) is 0 Å². The van der Waals surface area contributed by atoms with E-state index in [-0.39, 0.29) is 5.56 Å². The highest BCUT2D eigenvalue weighted by atomic mass is 19.1. The molecule has 12 heavy (non-hydrogen) atoms. The zero-order valence-electron chi connectivity index (χ0n) is 5.95. The van der Waals surface area contributed by atoms with E-state index in [1.165, 1.54) is 18.2 Å². The summed E-state index contributed by atoms with van der Waals surface area (Å²) in [5, 5.41) is 0. The third-order valence-electron chi connectivity index (χ3n) is 1.22. The van der Waals surface area contributed by atoms with Gasteiger partial charge in [0.05, 0.1) is 0 Å². The Balaban J connectivity index is 3.03. The summed E-state index contributed by atoms with van der Waals surface area (Å²) in [5.41, 5.74) is 0.0401. The molecule has 0 spiro atoms. The molecule has 0 aromatic heterocycles. The highest BCUT2D eigenvalue weighted by Crippen LogP contribution is 2.04. The first-order valence-corrected chi connectivity index (χ1v) is 3.12. The Morgan fingerprint density at radius 2 is 2.25 bits per heavy atom. The van der Waals surface area contributed by atoms with E-state index in [1.54, 1.807) is 0 Å². The van der Waals surface area contributed by atoms with Gasteiger partial charge in [-0.15, -0.1) is 4.99 Å². The largest absolute Gasteiger partial charge is 0.287 e. The zero-order valence-corrected chi connectivity index (χ0v) is 5.95. The molecule has 0 unspecified atom stereocenters. The fraction of sp³-hybridized carbons (Fsp3) is 0. The van der Waals surface area contributed by atoms with Crippen LogP contribution >= 0.6 is 0 Å². The standard InChI is InChI=1S/C8H4FNO2/c9-7-3-1-2-6(4-7)8(12)10-5-11/h1-4H. The van der Waals surface area contributed by atoms with E-state index in [0.29, 0.717) is 0 Å². The summed E-state index contributed by atoms with van der Waals surface area (Å²) in [6.07, 6.45) is 1.09. The van der Waals surface area contributed by atoms with E-state index >= 15 is 0 Å². The number of nitrogens with zero attached hydrogens (tertiary/aromatic N) is 1. The molecular weight excluding hydrogens is 161 g/mol. The average Bonchev–Trinajstić information content (AvgIpc) is 2.05. The molecule has 0 saturated carbocycles. The molecule has 0 N–H and O–H groups in total. The lowest BCUT2D eigenvalue weighted by Gasteiger charge is -1.91. The summed E-state index contributed by atoms with van der Waals surface area (Å²) in [6, 6.07) is 4.93. The molecule has 1 aromatic carbocycles. The summed E-state index contributed by atoms with van der Waals surface area (Å²) in [5.74, 6) is -1.33. The lowest BCUT2D eigenvalue weighted by atomic mass is 10.2. The molecule has 3 nitrogen and oxygen atoms in total. The van der Waals surface area contributed by atoms with Gasteiger partial charge in [-0.1, -0.05) is 6.07 Å². The van der Waals surface area contributed by atoms with Crippen molar-refractivity contribution in [2.45, 2.75) is 0 Å². The van der Waals surface area contributed by atoms with Crippen LogP contribution in [0, 0.1) is 5.82 Å². The van der Waals surface area contributed by atoms with Crippen molar-refractivity contribution in [1.29, 1.82) is 0 Å². The van der Waals surface area contributed by atoms with Crippen molar-refractivity contribution in [3.05, 3.63) is 35.6 Å². The van der Waals surface area contributed by atoms with Crippen molar-refractivity contribution in [3.8, 4) is 0 Å². The number of benzene rings is 1. The molecule has 0 heterocycles. The van der Waals surface area contributed by atoms with Crippen molar-refractivity contribution >= 4 is 12.0 Å². The number of isocyanates is 1. The van der Waals surface area contributed by atoms with E-state index in [2.05, 4.69) is 4.99 Å². The topological polar surface area (TPSA) is 46.5 Å². The summed E-state index contributed by atoms with van der Waals surface area (Å²) in [6.45, 7) is 0. The fourth-order valence-corrected chi connectivity index (χ4v) is 0.728. The Morgan fingerprint density at radius 1 is 1.50 bits per heavy atom. The second kappa shape index (κ2) is 3.55. The fourth-order valence-electron chi connectivity index (χ4n) is 0.728. The molecule has 0 aliphatic heterocycles. The van der Waals surface area contributed by atoms with Gasteiger partial charge in [-0.25, -0.2) is 9.18 Å². The Hall–Kier alpha value is -1.80. The summed E-state index contributed by atoms with van der Waals surface area (Å²) in [7, 11) is 0. The maximum absolute atomic E-state index is 12.5. The van der Waals surface area contributed by atoms with E-state index in [4.69, 9.17) is 0 Å². The number of amides is 1. The summed E-state index contributed by atoms with van der Waals surface area (Å²) in [4.78, 5) is 23.3. The number of rotatable bonds is 1. The van der Waals surface area contributed by atoms with E-state index in [0.717, 1.165) is 12.1 Å². The summed E-state index contributed by atoms with van der Waals surface area (Å²) < 4.78 is 12.5. The smallest absolute Gasteiger partial charge is 0.266 e. The highest BCUT2D eigenvalue weighted by molar-refractivity contribution is 5.97.